The van der Waals surface area contributed by atoms with Crippen LogP contribution in [0, 0.1) is 0 Å². The smallest absolute Gasteiger partial charge is 0.0810 e. The number of epoxide rings is 1. The van der Waals surface area contributed by atoms with E-state index in [0.29, 0.717) is 12.7 Å². The molecule has 3 nitrogen and oxygen atoms in total. The molecule has 0 radical (unpaired) electrons. The van der Waals surface area contributed by atoms with Gasteiger partial charge in [-0.05, 0) is 19.3 Å². The van der Waals surface area contributed by atoms with Crippen molar-refractivity contribution in [3.05, 3.63) is 0 Å². The summed E-state index contributed by atoms with van der Waals surface area (Å²) in [7, 11) is 0. The third kappa shape index (κ3) is 4.70. The summed E-state index contributed by atoms with van der Waals surface area (Å²) in [5.74, 6) is 0. The van der Waals surface area contributed by atoms with E-state index in [9.17, 15) is 0 Å². The molecule has 3 heteroatoms. The lowest BCUT2D eigenvalue weighted by Crippen LogP contribution is -2.14. The Bertz CT molecular complexity index is 112. The molecule has 0 spiro atoms. The zero-order valence-electron chi connectivity index (χ0n) is 7.66. The van der Waals surface area contributed by atoms with Gasteiger partial charge in [-0.2, -0.15) is 0 Å². The van der Waals surface area contributed by atoms with E-state index in [2.05, 4.69) is 0 Å². The standard InChI is InChI=1S/C9H18O3/c1-2-8(10)6-11-5-3-4-9-7-12-9/h8-10H,2-7H2,1H3. The van der Waals surface area contributed by atoms with E-state index < -0.39 is 0 Å². The summed E-state index contributed by atoms with van der Waals surface area (Å²) in [6.45, 7) is 4.10. The second kappa shape index (κ2) is 5.51. The van der Waals surface area contributed by atoms with Gasteiger partial charge in [0.2, 0.25) is 0 Å². The SMILES string of the molecule is CCC(O)COCCCC1CO1. The molecule has 0 aromatic rings. The summed E-state index contributed by atoms with van der Waals surface area (Å²) in [4.78, 5) is 0. The van der Waals surface area contributed by atoms with E-state index in [1.54, 1.807) is 0 Å². The largest absolute Gasteiger partial charge is 0.391 e. The van der Waals surface area contributed by atoms with Crippen molar-refractivity contribution in [3.63, 3.8) is 0 Å². The van der Waals surface area contributed by atoms with Gasteiger partial charge in [0.05, 0.1) is 25.4 Å². The molecule has 2 atom stereocenters. The van der Waals surface area contributed by atoms with Crippen molar-refractivity contribution in [1.29, 1.82) is 0 Å². The predicted molar refractivity (Wildman–Crippen MR) is 46.1 cm³/mol. The van der Waals surface area contributed by atoms with Gasteiger partial charge in [0.15, 0.2) is 0 Å². The van der Waals surface area contributed by atoms with Crippen LogP contribution in [0.3, 0.4) is 0 Å². The Labute approximate surface area is 73.7 Å². The van der Waals surface area contributed by atoms with Crippen LogP contribution in [0.1, 0.15) is 26.2 Å². The molecule has 0 amide bonds. The number of hydrogen-bond acceptors (Lipinski definition) is 3. The van der Waals surface area contributed by atoms with E-state index in [1.165, 1.54) is 0 Å². The van der Waals surface area contributed by atoms with Gasteiger partial charge in [-0.15, -0.1) is 0 Å². The molecule has 1 aliphatic heterocycles. The van der Waals surface area contributed by atoms with E-state index in [0.717, 1.165) is 32.5 Å². The molecule has 0 aromatic carbocycles. The maximum atomic E-state index is 9.13. The number of aliphatic hydroxyl groups excluding tert-OH is 1. The summed E-state index contributed by atoms with van der Waals surface area (Å²) in [6, 6.07) is 0. The number of rotatable bonds is 7. The van der Waals surface area contributed by atoms with E-state index in [-0.39, 0.29) is 6.10 Å². The lowest BCUT2D eigenvalue weighted by Gasteiger charge is -2.07. The fourth-order valence-corrected chi connectivity index (χ4v) is 0.985. The molecule has 0 bridgehead atoms. The van der Waals surface area contributed by atoms with E-state index in [4.69, 9.17) is 14.6 Å². The highest BCUT2D eigenvalue weighted by molar-refractivity contribution is 4.67. The van der Waals surface area contributed by atoms with Gasteiger partial charge >= 0.3 is 0 Å². The molecule has 1 heterocycles. The number of aliphatic hydroxyl groups is 1. The first-order chi connectivity index (χ1) is 5.83. The highest BCUT2D eigenvalue weighted by atomic mass is 16.6. The Hall–Kier alpha value is -0.120. The normalized spacial score (nSPS) is 24.0. The minimum Gasteiger partial charge on any atom is -0.391 e. The van der Waals surface area contributed by atoms with Crippen molar-refractivity contribution in [1.82, 2.24) is 0 Å². The topological polar surface area (TPSA) is 42.0 Å². The summed E-state index contributed by atoms with van der Waals surface area (Å²) in [5, 5.41) is 9.13. The predicted octanol–water partition coefficient (Wildman–Crippen LogP) is 0.953. The summed E-state index contributed by atoms with van der Waals surface area (Å²) in [5.41, 5.74) is 0. The third-order valence-corrected chi connectivity index (χ3v) is 2.00. The van der Waals surface area contributed by atoms with Crippen LogP contribution >= 0.6 is 0 Å². The molecule has 1 aliphatic rings. The van der Waals surface area contributed by atoms with Crippen LogP contribution in [0.25, 0.3) is 0 Å². The molecule has 72 valence electrons. The Kier molecular flexibility index (Phi) is 4.58. The van der Waals surface area contributed by atoms with E-state index >= 15 is 0 Å². The van der Waals surface area contributed by atoms with Crippen LogP contribution in [0.5, 0.6) is 0 Å². The van der Waals surface area contributed by atoms with Crippen LogP contribution < -0.4 is 0 Å². The van der Waals surface area contributed by atoms with Crippen LogP contribution in [-0.4, -0.2) is 37.1 Å². The fraction of sp³-hybridized carbons (Fsp3) is 1.00. The van der Waals surface area contributed by atoms with Gasteiger partial charge in [-0.3, -0.25) is 0 Å². The van der Waals surface area contributed by atoms with E-state index in [1.807, 2.05) is 6.92 Å². The molecular formula is C9H18O3. The zero-order valence-corrected chi connectivity index (χ0v) is 7.66. The molecule has 0 aliphatic carbocycles. The first-order valence-corrected chi connectivity index (χ1v) is 4.70. The third-order valence-electron chi connectivity index (χ3n) is 2.00. The van der Waals surface area contributed by atoms with Crippen LogP contribution in [0.4, 0.5) is 0 Å². The van der Waals surface area contributed by atoms with Crippen molar-refractivity contribution >= 4 is 0 Å². The minimum absolute atomic E-state index is 0.290. The minimum atomic E-state index is -0.290. The first-order valence-electron chi connectivity index (χ1n) is 4.70. The molecule has 12 heavy (non-hydrogen) atoms. The average Bonchev–Trinajstić information content (AvgIpc) is 2.87. The van der Waals surface area contributed by atoms with Crippen molar-refractivity contribution < 1.29 is 14.6 Å². The van der Waals surface area contributed by atoms with Crippen LogP contribution in [0.15, 0.2) is 0 Å². The number of hydrogen-bond donors (Lipinski definition) is 1. The Morgan fingerprint density at radius 3 is 3.00 bits per heavy atom. The highest BCUT2D eigenvalue weighted by Gasteiger charge is 2.21. The van der Waals surface area contributed by atoms with Crippen molar-refractivity contribution in [2.75, 3.05) is 19.8 Å². The lowest BCUT2D eigenvalue weighted by atomic mass is 10.2. The molecule has 1 saturated heterocycles. The maximum Gasteiger partial charge on any atom is 0.0810 e. The molecule has 1 rings (SSSR count). The molecule has 2 unspecified atom stereocenters. The van der Waals surface area contributed by atoms with Gasteiger partial charge < -0.3 is 14.6 Å². The maximum absolute atomic E-state index is 9.13. The van der Waals surface area contributed by atoms with Gasteiger partial charge in [0.1, 0.15) is 0 Å². The molecule has 0 aromatic heterocycles. The molecule has 1 N–H and O–H groups in total. The zero-order chi connectivity index (χ0) is 8.81. The summed E-state index contributed by atoms with van der Waals surface area (Å²) in [6.07, 6.45) is 3.13. The van der Waals surface area contributed by atoms with Gasteiger partial charge in [-0.25, -0.2) is 0 Å². The van der Waals surface area contributed by atoms with Gasteiger partial charge in [-0.1, -0.05) is 6.92 Å². The number of ether oxygens (including phenoxy) is 2. The Balaban J connectivity index is 1.75. The molecule has 1 fully saturated rings. The Morgan fingerprint density at radius 2 is 2.42 bits per heavy atom. The van der Waals surface area contributed by atoms with Gasteiger partial charge in [0, 0.05) is 6.61 Å². The van der Waals surface area contributed by atoms with Crippen molar-refractivity contribution in [2.24, 2.45) is 0 Å². The van der Waals surface area contributed by atoms with Gasteiger partial charge in [0.25, 0.3) is 0 Å². The molecule has 0 saturated carbocycles. The van der Waals surface area contributed by atoms with Crippen molar-refractivity contribution in [2.45, 2.75) is 38.4 Å². The summed E-state index contributed by atoms with van der Waals surface area (Å²) >= 11 is 0. The highest BCUT2D eigenvalue weighted by Crippen LogP contribution is 2.14. The second-order valence-corrected chi connectivity index (χ2v) is 3.23. The molecular weight excluding hydrogens is 156 g/mol. The van der Waals surface area contributed by atoms with Crippen molar-refractivity contribution in [3.8, 4) is 0 Å². The van der Waals surface area contributed by atoms with Crippen LogP contribution in [-0.2, 0) is 9.47 Å². The summed E-state index contributed by atoms with van der Waals surface area (Å²) < 4.78 is 10.3. The quantitative estimate of drug-likeness (QED) is 0.461. The lowest BCUT2D eigenvalue weighted by molar-refractivity contribution is 0.0331. The average molecular weight is 174 g/mol. The fourth-order valence-electron chi connectivity index (χ4n) is 0.985. The Morgan fingerprint density at radius 1 is 1.67 bits per heavy atom. The monoisotopic (exact) mass is 174 g/mol. The second-order valence-electron chi connectivity index (χ2n) is 3.23. The first kappa shape index (κ1) is 9.96. The van der Waals surface area contributed by atoms with Crippen LogP contribution in [0.2, 0.25) is 0 Å².